The highest BCUT2D eigenvalue weighted by Gasteiger charge is 2.29. The van der Waals surface area contributed by atoms with Crippen molar-refractivity contribution in [3.05, 3.63) is 22.4 Å². The van der Waals surface area contributed by atoms with E-state index >= 15 is 0 Å². The van der Waals surface area contributed by atoms with E-state index in [1.807, 2.05) is 6.07 Å². The molecule has 0 saturated carbocycles. The predicted molar refractivity (Wildman–Crippen MR) is 75.6 cm³/mol. The quantitative estimate of drug-likeness (QED) is 0.836. The summed E-state index contributed by atoms with van der Waals surface area (Å²) < 4.78 is 0. The van der Waals surface area contributed by atoms with Crippen molar-refractivity contribution in [3.63, 3.8) is 0 Å². The predicted octanol–water partition coefficient (Wildman–Crippen LogP) is 2.73. The lowest BCUT2D eigenvalue weighted by molar-refractivity contribution is 0.0698. The van der Waals surface area contributed by atoms with Crippen LogP contribution in [-0.2, 0) is 0 Å². The number of nitriles is 1. The van der Waals surface area contributed by atoms with Crippen LogP contribution in [0.1, 0.15) is 31.2 Å². The Morgan fingerprint density at radius 1 is 1.56 bits per heavy atom. The normalized spacial score (nSPS) is 23.7. The van der Waals surface area contributed by atoms with E-state index in [0.717, 1.165) is 19.6 Å². The molecule has 2 atom stereocenters. The molecular weight excluding hydrogens is 242 g/mol. The largest absolute Gasteiger partial charge is 0.298 e. The van der Waals surface area contributed by atoms with Gasteiger partial charge in [0, 0.05) is 30.6 Å². The zero-order chi connectivity index (χ0) is 13.0. The maximum absolute atomic E-state index is 9.41. The van der Waals surface area contributed by atoms with Crippen molar-refractivity contribution in [2.45, 2.75) is 32.4 Å². The summed E-state index contributed by atoms with van der Waals surface area (Å²) >= 11 is 1.68. The number of hydrogen-bond donors (Lipinski definition) is 0. The fourth-order valence-corrected chi connectivity index (χ4v) is 3.45. The summed E-state index contributed by atoms with van der Waals surface area (Å²) in [5.74, 6) is 0. The van der Waals surface area contributed by atoms with E-state index in [9.17, 15) is 5.26 Å². The summed E-state index contributed by atoms with van der Waals surface area (Å²) in [5, 5.41) is 11.5. The first-order valence-electron chi connectivity index (χ1n) is 6.67. The van der Waals surface area contributed by atoms with Gasteiger partial charge >= 0.3 is 0 Å². The Hall–Kier alpha value is -0.890. The second-order valence-corrected chi connectivity index (χ2v) is 5.91. The van der Waals surface area contributed by atoms with E-state index in [4.69, 9.17) is 0 Å². The van der Waals surface area contributed by atoms with Crippen LogP contribution in [0.2, 0.25) is 0 Å². The van der Waals surface area contributed by atoms with Crippen molar-refractivity contribution in [3.8, 4) is 6.07 Å². The molecule has 0 radical (unpaired) electrons. The minimum absolute atomic E-state index is 0.0590. The molecule has 1 aliphatic heterocycles. The lowest BCUT2D eigenvalue weighted by Gasteiger charge is -2.41. The molecule has 2 unspecified atom stereocenters. The summed E-state index contributed by atoms with van der Waals surface area (Å²) in [5.41, 5.74) is 0. The van der Waals surface area contributed by atoms with Crippen molar-refractivity contribution in [2.24, 2.45) is 0 Å². The van der Waals surface area contributed by atoms with Gasteiger partial charge in [0.15, 0.2) is 0 Å². The Morgan fingerprint density at radius 2 is 2.39 bits per heavy atom. The topological polar surface area (TPSA) is 30.3 Å². The van der Waals surface area contributed by atoms with Crippen molar-refractivity contribution in [1.82, 2.24) is 9.80 Å². The van der Waals surface area contributed by atoms with E-state index in [0.29, 0.717) is 6.04 Å². The van der Waals surface area contributed by atoms with Gasteiger partial charge in [-0.2, -0.15) is 5.26 Å². The third-order valence-corrected chi connectivity index (χ3v) is 4.53. The third-order valence-electron chi connectivity index (χ3n) is 3.61. The van der Waals surface area contributed by atoms with Crippen LogP contribution in [-0.4, -0.2) is 42.0 Å². The Labute approximate surface area is 114 Å². The van der Waals surface area contributed by atoms with E-state index in [1.54, 1.807) is 11.3 Å². The number of piperazine rings is 1. The number of thiophene rings is 1. The van der Waals surface area contributed by atoms with Gasteiger partial charge in [0.25, 0.3) is 0 Å². The molecule has 2 heterocycles. The second-order valence-electron chi connectivity index (χ2n) is 4.93. The Balaban J connectivity index is 2.01. The van der Waals surface area contributed by atoms with Gasteiger partial charge in [0.05, 0.1) is 6.07 Å². The van der Waals surface area contributed by atoms with Crippen LogP contribution < -0.4 is 0 Å². The van der Waals surface area contributed by atoms with Gasteiger partial charge in [-0.25, -0.2) is 0 Å². The molecule has 18 heavy (non-hydrogen) atoms. The fraction of sp³-hybridized carbons (Fsp3) is 0.643. The van der Waals surface area contributed by atoms with Crippen LogP contribution in [0, 0.1) is 11.3 Å². The fourth-order valence-electron chi connectivity index (χ4n) is 2.65. The average Bonchev–Trinajstić information content (AvgIpc) is 2.87. The summed E-state index contributed by atoms with van der Waals surface area (Å²) in [7, 11) is 0. The van der Waals surface area contributed by atoms with Crippen molar-refractivity contribution >= 4 is 11.3 Å². The summed E-state index contributed by atoms with van der Waals surface area (Å²) in [4.78, 5) is 6.02. The summed E-state index contributed by atoms with van der Waals surface area (Å²) in [6, 6.07) is 7.05. The minimum Gasteiger partial charge on any atom is -0.298 e. The van der Waals surface area contributed by atoms with Crippen molar-refractivity contribution in [2.75, 3.05) is 26.2 Å². The van der Waals surface area contributed by atoms with Gasteiger partial charge in [-0.15, -0.1) is 11.3 Å². The maximum Gasteiger partial charge on any atom is 0.133 e. The first-order valence-corrected chi connectivity index (χ1v) is 7.55. The van der Waals surface area contributed by atoms with E-state index < -0.39 is 0 Å². The van der Waals surface area contributed by atoms with Crippen LogP contribution >= 0.6 is 11.3 Å². The first-order chi connectivity index (χ1) is 8.76. The molecule has 0 aliphatic carbocycles. The smallest absolute Gasteiger partial charge is 0.133 e. The highest BCUT2D eigenvalue weighted by molar-refractivity contribution is 7.10. The molecule has 2 rings (SSSR count). The summed E-state index contributed by atoms with van der Waals surface area (Å²) in [6.45, 7) is 8.74. The molecule has 1 aromatic heterocycles. The molecule has 1 saturated heterocycles. The van der Waals surface area contributed by atoms with Crippen LogP contribution in [0.25, 0.3) is 0 Å². The molecule has 0 spiro atoms. The lowest BCUT2D eigenvalue weighted by atomic mass is 10.1. The number of hydrogen-bond acceptors (Lipinski definition) is 4. The maximum atomic E-state index is 9.41. The van der Waals surface area contributed by atoms with Crippen LogP contribution in [0.4, 0.5) is 0 Å². The molecule has 1 aliphatic rings. The second kappa shape index (κ2) is 6.33. The Kier molecular flexibility index (Phi) is 4.76. The van der Waals surface area contributed by atoms with Crippen molar-refractivity contribution < 1.29 is 0 Å². The van der Waals surface area contributed by atoms with Gasteiger partial charge in [-0.05, 0) is 31.3 Å². The van der Waals surface area contributed by atoms with E-state index in [2.05, 4.69) is 41.2 Å². The zero-order valence-electron chi connectivity index (χ0n) is 11.2. The summed E-state index contributed by atoms with van der Waals surface area (Å²) in [6.07, 6.45) is 1.21. The highest BCUT2D eigenvalue weighted by Crippen LogP contribution is 2.26. The zero-order valence-corrected chi connectivity index (χ0v) is 12.0. The monoisotopic (exact) mass is 263 g/mol. The van der Waals surface area contributed by atoms with E-state index in [1.165, 1.54) is 17.8 Å². The molecular formula is C14H21N3S. The van der Waals surface area contributed by atoms with Gasteiger partial charge in [0.1, 0.15) is 6.04 Å². The molecule has 1 aromatic rings. The van der Waals surface area contributed by atoms with Gasteiger partial charge in [0.2, 0.25) is 0 Å². The van der Waals surface area contributed by atoms with Gasteiger partial charge < -0.3 is 0 Å². The number of nitrogens with zero attached hydrogens (tertiary/aromatic N) is 3. The van der Waals surface area contributed by atoms with Gasteiger partial charge in [-0.3, -0.25) is 9.80 Å². The molecule has 0 amide bonds. The number of rotatable bonds is 4. The van der Waals surface area contributed by atoms with Crippen LogP contribution in [0.3, 0.4) is 0 Å². The first kappa shape index (κ1) is 13.5. The molecule has 4 heteroatoms. The van der Waals surface area contributed by atoms with Gasteiger partial charge in [-0.1, -0.05) is 13.0 Å². The lowest BCUT2D eigenvalue weighted by Crippen LogP contribution is -2.52. The minimum atomic E-state index is -0.0590. The van der Waals surface area contributed by atoms with E-state index in [-0.39, 0.29) is 6.04 Å². The van der Waals surface area contributed by atoms with Crippen LogP contribution in [0.15, 0.2) is 17.5 Å². The van der Waals surface area contributed by atoms with Crippen LogP contribution in [0.5, 0.6) is 0 Å². The molecule has 0 bridgehead atoms. The van der Waals surface area contributed by atoms with Crippen molar-refractivity contribution in [1.29, 1.82) is 5.26 Å². The third kappa shape index (κ3) is 2.92. The molecule has 0 aromatic carbocycles. The SMILES string of the molecule is CCCN1CCN(C(C#N)c2cccs2)CC1C. The molecule has 0 N–H and O–H groups in total. The Morgan fingerprint density at radius 3 is 2.94 bits per heavy atom. The molecule has 98 valence electrons. The average molecular weight is 263 g/mol. The highest BCUT2D eigenvalue weighted by atomic mass is 32.1. The standard InChI is InChI=1S/C14H21N3S/c1-3-6-16-7-8-17(11-12(16)2)13(10-15)14-5-4-9-18-14/h4-5,9,12-13H,3,6-8,11H2,1-2H3. The Bertz CT molecular complexity index is 396. The molecule has 1 fully saturated rings. The molecule has 3 nitrogen and oxygen atoms in total.